The smallest absolute Gasteiger partial charge is 0.184 e. The Morgan fingerprint density at radius 1 is 0.844 bits per heavy atom. The summed E-state index contributed by atoms with van der Waals surface area (Å²) in [5, 5.41) is 0. The Kier molecular flexibility index (Phi) is 7.37. The molecular formula is C30H56OSi. The lowest BCUT2D eigenvalue weighted by Crippen LogP contribution is -2.59. The van der Waals surface area contributed by atoms with Gasteiger partial charge in [-0.1, -0.05) is 66.7 Å². The minimum absolute atomic E-state index is 0.558. The summed E-state index contributed by atoms with van der Waals surface area (Å²) in [7, 11) is -1.54. The first-order chi connectivity index (χ1) is 15.0. The molecule has 4 aliphatic rings. The van der Waals surface area contributed by atoms with Crippen molar-refractivity contribution in [3.63, 3.8) is 0 Å². The molecule has 2 heteroatoms. The van der Waals surface area contributed by atoms with Gasteiger partial charge in [-0.25, -0.2) is 0 Å². The summed E-state index contributed by atoms with van der Waals surface area (Å²) in [5.74, 6) is 6.32. The molecule has 4 aliphatic carbocycles. The molecule has 0 aromatic rings. The summed E-state index contributed by atoms with van der Waals surface area (Å²) in [6.45, 7) is 20.2. The zero-order valence-electron chi connectivity index (χ0n) is 23.0. The van der Waals surface area contributed by atoms with Gasteiger partial charge in [-0.3, -0.25) is 0 Å². The Balaban J connectivity index is 1.58. The standard InChI is InChI=1S/C30H56OSi/c1-21(2)12-11-13-22(3)24-15-16-25-28-26(17-19-30(24,25)5)29(4)18-10-9-14-23(29)20-27(28)31-32(6,7)8/h21-28H,9-20H2,1-8H3/t22-,23-,24-,25+,26+,27-,28+,29+,30-/m1/s1. The van der Waals surface area contributed by atoms with E-state index in [0.717, 1.165) is 41.4 Å². The number of fused-ring (bicyclic) bond motifs is 5. The zero-order chi connectivity index (χ0) is 23.3. The number of hydrogen-bond donors (Lipinski definition) is 0. The van der Waals surface area contributed by atoms with Crippen molar-refractivity contribution in [3.05, 3.63) is 0 Å². The Morgan fingerprint density at radius 2 is 1.56 bits per heavy atom. The molecule has 32 heavy (non-hydrogen) atoms. The van der Waals surface area contributed by atoms with E-state index in [2.05, 4.69) is 54.3 Å². The van der Waals surface area contributed by atoms with E-state index in [1.54, 1.807) is 0 Å². The Hall–Kier alpha value is 0.177. The van der Waals surface area contributed by atoms with Gasteiger partial charge < -0.3 is 4.43 Å². The third-order valence-corrected chi connectivity index (χ3v) is 12.3. The molecule has 4 rings (SSSR count). The van der Waals surface area contributed by atoms with E-state index < -0.39 is 8.32 Å². The summed E-state index contributed by atoms with van der Waals surface area (Å²) in [6, 6.07) is 0. The van der Waals surface area contributed by atoms with E-state index >= 15 is 0 Å². The summed E-state index contributed by atoms with van der Waals surface area (Å²) >= 11 is 0. The van der Waals surface area contributed by atoms with Crippen molar-refractivity contribution in [1.29, 1.82) is 0 Å². The van der Waals surface area contributed by atoms with Crippen molar-refractivity contribution in [1.82, 2.24) is 0 Å². The molecule has 9 atom stereocenters. The minimum atomic E-state index is -1.54. The van der Waals surface area contributed by atoms with Crippen LogP contribution in [0.25, 0.3) is 0 Å². The molecule has 0 aliphatic heterocycles. The molecule has 0 aromatic heterocycles. The molecule has 0 aromatic carbocycles. The lowest BCUT2D eigenvalue weighted by Gasteiger charge is -2.63. The van der Waals surface area contributed by atoms with Crippen molar-refractivity contribution in [2.24, 2.45) is 52.3 Å². The van der Waals surface area contributed by atoms with E-state index in [1.165, 1.54) is 77.0 Å². The number of rotatable bonds is 7. The summed E-state index contributed by atoms with van der Waals surface area (Å²) in [4.78, 5) is 0. The molecular weight excluding hydrogens is 404 g/mol. The van der Waals surface area contributed by atoms with Crippen molar-refractivity contribution < 1.29 is 4.43 Å². The SMILES string of the molecule is CC(C)CCC[C@@H](C)[C@H]1CC[C@H]2[C@@H]3[C@H](O[Si](C)(C)C)C[C@H]4CCCC[C@]4(C)[C@H]3CC[C@]12C. The second kappa shape index (κ2) is 9.33. The van der Waals surface area contributed by atoms with Gasteiger partial charge >= 0.3 is 0 Å². The molecule has 0 N–H and O–H groups in total. The Labute approximate surface area is 202 Å². The van der Waals surface area contributed by atoms with E-state index in [1.807, 2.05) is 0 Å². The van der Waals surface area contributed by atoms with E-state index in [4.69, 9.17) is 4.43 Å². The lowest BCUT2D eigenvalue weighted by atomic mass is 9.44. The van der Waals surface area contributed by atoms with Crippen LogP contribution in [0, 0.1) is 52.3 Å². The molecule has 4 fully saturated rings. The quantitative estimate of drug-likeness (QED) is 0.344. The maximum Gasteiger partial charge on any atom is 0.184 e. The topological polar surface area (TPSA) is 9.23 Å². The van der Waals surface area contributed by atoms with Crippen molar-refractivity contribution in [2.75, 3.05) is 0 Å². The van der Waals surface area contributed by atoms with Gasteiger partial charge in [-0.05, 0) is 117 Å². The average molecular weight is 461 g/mol. The van der Waals surface area contributed by atoms with Crippen LogP contribution >= 0.6 is 0 Å². The number of hydrogen-bond acceptors (Lipinski definition) is 1. The second-order valence-corrected chi connectivity index (χ2v) is 19.2. The molecule has 0 radical (unpaired) electrons. The fraction of sp³-hybridized carbons (Fsp3) is 1.00. The van der Waals surface area contributed by atoms with E-state index in [0.29, 0.717) is 16.9 Å². The monoisotopic (exact) mass is 460 g/mol. The van der Waals surface area contributed by atoms with Gasteiger partial charge in [0.15, 0.2) is 8.32 Å². The van der Waals surface area contributed by atoms with Crippen molar-refractivity contribution >= 4 is 8.32 Å². The molecule has 186 valence electrons. The van der Waals surface area contributed by atoms with Crippen LogP contribution < -0.4 is 0 Å². The first-order valence-corrected chi connectivity index (χ1v) is 18.0. The van der Waals surface area contributed by atoms with Crippen LogP contribution in [-0.2, 0) is 4.43 Å². The van der Waals surface area contributed by atoms with Crippen LogP contribution in [0.4, 0.5) is 0 Å². The van der Waals surface area contributed by atoms with Gasteiger partial charge in [-0.15, -0.1) is 0 Å². The van der Waals surface area contributed by atoms with Crippen LogP contribution in [0.15, 0.2) is 0 Å². The van der Waals surface area contributed by atoms with Gasteiger partial charge in [0, 0.05) is 6.10 Å². The molecule has 0 bridgehead atoms. The Morgan fingerprint density at radius 3 is 2.25 bits per heavy atom. The normalized spacial score (nSPS) is 45.3. The fourth-order valence-corrected chi connectivity index (χ4v) is 11.0. The van der Waals surface area contributed by atoms with Crippen LogP contribution in [0.5, 0.6) is 0 Å². The molecule has 4 saturated carbocycles. The minimum Gasteiger partial charge on any atom is -0.414 e. The zero-order valence-corrected chi connectivity index (χ0v) is 24.0. The molecule has 0 heterocycles. The van der Waals surface area contributed by atoms with Crippen LogP contribution in [0.2, 0.25) is 19.6 Å². The van der Waals surface area contributed by atoms with E-state index in [-0.39, 0.29) is 0 Å². The van der Waals surface area contributed by atoms with Gasteiger partial charge in [0.1, 0.15) is 0 Å². The van der Waals surface area contributed by atoms with Gasteiger partial charge in [0.05, 0.1) is 0 Å². The van der Waals surface area contributed by atoms with Gasteiger partial charge in [0.25, 0.3) is 0 Å². The average Bonchev–Trinajstić information content (AvgIpc) is 3.04. The van der Waals surface area contributed by atoms with Crippen LogP contribution in [0.3, 0.4) is 0 Å². The molecule has 0 unspecified atom stereocenters. The molecule has 1 nitrogen and oxygen atoms in total. The largest absolute Gasteiger partial charge is 0.414 e. The summed E-state index contributed by atoms with van der Waals surface area (Å²) in [6.07, 6.45) is 18.1. The maximum absolute atomic E-state index is 7.12. The van der Waals surface area contributed by atoms with E-state index in [9.17, 15) is 0 Å². The molecule has 0 saturated heterocycles. The van der Waals surface area contributed by atoms with Crippen LogP contribution in [0.1, 0.15) is 112 Å². The predicted octanol–water partition coefficient (Wildman–Crippen LogP) is 9.33. The Bertz CT molecular complexity index is 637. The fourth-order valence-electron chi connectivity index (χ4n) is 9.83. The summed E-state index contributed by atoms with van der Waals surface area (Å²) < 4.78 is 7.12. The molecule has 0 amide bonds. The van der Waals surface area contributed by atoms with Gasteiger partial charge in [0.2, 0.25) is 0 Å². The molecule has 0 spiro atoms. The predicted molar refractivity (Wildman–Crippen MR) is 141 cm³/mol. The summed E-state index contributed by atoms with van der Waals surface area (Å²) in [5.41, 5.74) is 1.17. The highest BCUT2D eigenvalue weighted by Gasteiger charge is 2.63. The third-order valence-electron chi connectivity index (χ3n) is 11.3. The highest BCUT2D eigenvalue weighted by molar-refractivity contribution is 6.69. The second-order valence-electron chi connectivity index (χ2n) is 14.8. The highest BCUT2D eigenvalue weighted by Crippen LogP contribution is 2.68. The first kappa shape index (κ1) is 25.3. The lowest BCUT2D eigenvalue weighted by molar-refractivity contribution is -0.159. The highest BCUT2D eigenvalue weighted by atomic mass is 28.4. The van der Waals surface area contributed by atoms with Crippen molar-refractivity contribution in [3.8, 4) is 0 Å². The van der Waals surface area contributed by atoms with Crippen molar-refractivity contribution in [2.45, 2.75) is 137 Å². The van der Waals surface area contributed by atoms with Gasteiger partial charge in [-0.2, -0.15) is 0 Å². The third kappa shape index (κ3) is 4.67. The first-order valence-electron chi connectivity index (χ1n) is 14.6. The van der Waals surface area contributed by atoms with Crippen LogP contribution in [-0.4, -0.2) is 14.4 Å². The maximum atomic E-state index is 7.12.